The number of carboxylic acids is 1. The van der Waals surface area contributed by atoms with Gasteiger partial charge in [0.1, 0.15) is 6.04 Å². The van der Waals surface area contributed by atoms with E-state index in [4.69, 9.17) is 5.73 Å². The van der Waals surface area contributed by atoms with E-state index >= 15 is 0 Å². The fourth-order valence-electron chi connectivity index (χ4n) is 2.06. The molecule has 122 valence electrons. The predicted octanol–water partition coefficient (Wildman–Crippen LogP) is 1.63. The highest BCUT2D eigenvalue weighted by molar-refractivity contribution is 5.99. The van der Waals surface area contributed by atoms with Crippen LogP contribution in [-0.4, -0.2) is 40.4 Å². The van der Waals surface area contributed by atoms with Gasteiger partial charge in [0.2, 0.25) is 11.8 Å². The molecule has 6 nitrogen and oxygen atoms in total. The zero-order valence-corrected chi connectivity index (χ0v) is 13.5. The van der Waals surface area contributed by atoms with E-state index in [0.717, 1.165) is 4.90 Å². The molecule has 3 N–H and O–H groups in total. The van der Waals surface area contributed by atoms with Gasteiger partial charge >= 0.3 is 5.97 Å². The lowest BCUT2D eigenvalue weighted by Gasteiger charge is -2.28. The van der Waals surface area contributed by atoms with E-state index in [1.807, 2.05) is 27.7 Å². The van der Waals surface area contributed by atoms with Crippen LogP contribution in [0.4, 0.5) is 0 Å². The first-order valence-corrected chi connectivity index (χ1v) is 7.48. The third-order valence-electron chi connectivity index (χ3n) is 2.98. The number of hydrogen-bond acceptors (Lipinski definition) is 4. The molecule has 0 radical (unpaired) electrons. The van der Waals surface area contributed by atoms with Gasteiger partial charge in [-0.3, -0.25) is 14.5 Å². The number of aliphatic carboxylic acids is 1. The molecule has 0 fully saturated rings. The summed E-state index contributed by atoms with van der Waals surface area (Å²) in [6.45, 7) is 7.77. The molecule has 1 atom stereocenters. The lowest BCUT2D eigenvalue weighted by Crippen LogP contribution is -2.49. The Labute approximate surface area is 126 Å². The number of imide groups is 1. The third-order valence-corrected chi connectivity index (χ3v) is 2.98. The molecule has 0 aliphatic rings. The number of hydrogen-bond donors (Lipinski definition) is 2. The first kappa shape index (κ1) is 19.6. The maximum Gasteiger partial charge on any atom is 0.326 e. The standard InChI is InChI=1S/C15H28N2O4/c1-10(2)8-13(18)17(14(19)9-11(3)4)12(15(20)21)6-5-7-16/h10-12H,5-9,16H2,1-4H3,(H,20,21). The molecule has 21 heavy (non-hydrogen) atoms. The summed E-state index contributed by atoms with van der Waals surface area (Å²) >= 11 is 0. The number of carbonyl (C=O) groups is 3. The van der Waals surface area contributed by atoms with Crippen LogP contribution in [0.5, 0.6) is 0 Å². The van der Waals surface area contributed by atoms with E-state index in [9.17, 15) is 19.5 Å². The lowest BCUT2D eigenvalue weighted by atomic mass is 10.0. The molecule has 0 aromatic carbocycles. The number of rotatable bonds is 9. The summed E-state index contributed by atoms with van der Waals surface area (Å²) in [7, 11) is 0. The Balaban J connectivity index is 5.27. The summed E-state index contributed by atoms with van der Waals surface area (Å²) < 4.78 is 0. The largest absolute Gasteiger partial charge is 0.480 e. The van der Waals surface area contributed by atoms with Gasteiger partial charge in [0.15, 0.2) is 0 Å². The molecule has 1 unspecified atom stereocenters. The lowest BCUT2D eigenvalue weighted by molar-refractivity contribution is -0.159. The van der Waals surface area contributed by atoms with E-state index < -0.39 is 23.8 Å². The van der Waals surface area contributed by atoms with Gasteiger partial charge in [0.05, 0.1) is 0 Å². The predicted molar refractivity (Wildman–Crippen MR) is 80.5 cm³/mol. The number of nitrogens with zero attached hydrogens (tertiary/aromatic N) is 1. The van der Waals surface area contributed by atoms with Crippen molar-refractivity contribution in [2.75, 3.05) is 6.54 Å². The van der Waals surface area contributed by atoms with E-state index in [1.54, 1.807) is 0 Å². The number of carboxylic acid groups (broad SMARTS) is 1. The summed E-state index contributed by atoms with van der Waals surface area (Å²) in [4.78, 5) is 37.0. The number of nitrogens with two attached hydrogens (primary N) is 1. The van der Waals surface area contributed by atoms with Crippen molar-refractivity contribution < 1.29 is 19.5 Å². The van der Waals surface area contributed by atoms with Crippen LogP contribution in [-0.2, 0) is 14.4 Å². The van der Waals surface area contributed by atoms with Gasteiger partial charge in [-0.15, -0.1) is 0 Å². The Bertz CT molecular complexity index is 345. The Kier molecular flexibility index (Phi) is 8.85. The summed E-state index contributed by atoms with van der Waals surface area (Å²) in [6, 6.07) is -1.12. The minimum absolute atomic E-state index is 0.0656. The molecule has 2 amide bonds. The molecule has 0 aliphatic carbocycles. The fraction of sp³-hybridized carbons (Fsp3) is 0.800. The van der Waals surface area contributed by atoms with Gasteiger partial charge in [-0.1, -0.05) is 27.7 Å². The summed E-state index contributed by atoms with van der Waals surface area (Å²) in [6.07, 6.45) is 0.976. The van der Waals surface area contributed by atoms with E-state index in [2.05, 4.69) is 0 Å². The van der Waals surface area contributed by atoms with Gasteiger partial charge < -0.3 is 10.8 Å². The number of carbonyl (C=O) groups excluding carboxylic acids is 2. The Morgan fingerprint density at radius 3 is 1.71 bits per heavy atom. The molecule has 0 rings (SSSR count). The van der Waals surface area contributed by atoms with Crippen LogP contribution in [0.25, 0.3) is 0 Å². The zero-order valence-electron chi connectivity index (χ0n) is 13.5. The maximum atomic E-state index is 12.3. The van der Waals surface area contributed by atoms with Crippen molar-refractivity contribution in [3.63, 3.8) is 0 Å². The minimum atomic E-state index is -1.15. The van der Waals surface area contributed by atoms with Gasteiger partial charge in [-0.05, 0) is 31.2 Å². The van der Waals surface area contributed by atoms with Crippen molar-refractivity contribution in [3.05, 3.63) is 0 Å². The maximum absolute atomic E-state index is 12.3. The molecule has 0 aromatic heterocycles. The van der Waals surface area contributed by atoms with Crippen LogP contribution >= 0.6 is 0 Å². The average Bonchev–Trinajstić information content (AvgIpc) is 2.31. The Morgan fingerprint density at radius 1 is 1.00 bits per heavy atom. The second kappa shape index (κ2) is 9.50. The SMILES string of the molecule is CC(C)CC(=O)N(C(=O)CC(C)C)C(CCCN)C(=O)O. The molecule has 0 heterocycles. The smallest absolute Gasteiger partial charge is 0.326 e. The van der Waals surface area contributed by atoms with Crippen molar-refractivity contribution in [2.45, 2.75) is 59.4 Å². The Hall–Kier alpha value is -1.43. The molecule has 0 saturated carbocycles. The molecule has 0 bridgehead atoms. The third kappa shape index (κ3) is 7.22. The van der Waals surface area contributed by atoms with Gasteiger partial charge in [-0.2, -0.15) is 0 Å². The van der Waals surface area contributed by atoms with E-state index in [0.29, 0.717) is 13.0 Å². The van der Waals surface area contributed by atoms with Crippen LogP contribution < -0.4 is 5.73 Å². The topological polar surface area (TPSA) is 101 Å². The molecule has 0 aliphatic heterocycles. The van der Waals surface area contributed by atoms with E-state index in [-0.39, 0.29) is 31.1 Å². The van der Waals surface area contributed by atoms with Crippen LogP contribution in [0.15, 0.2) is 0 Å². The van der Waals surface area contributed by atoms with Gasteiger partial charge in [0, 0.05) is 12.8 Å². The molecule has 6 heteroatoms. The molecule has 0 saturated heterocycles. The summed E-state index contributed by atoms with van der Waals surface area (Å²) in [5.41, 5.74) is 5.41. The van der Waals surface area contributed by atoms with Crippen LogP contribution in [0, 0.1) is 11.8 Å². The second-order valence-electron chi connectivity index (χ2n) is 6.14. The van der Waals surface area contributed by atoms with Crippen molar-refractivity contribution in [1.82, 2.24) is 4.90 Å². The monoisotopic (exact) mass is 300 g/mol. The highest BCUT2D eigenvalue weighted by Crippen LogP contribution is 2.16. The first-order valence-electron chi connectivity index (χ1n) is 7.48. The van der Waals surface area contributed by atoms with E-state index in [1.165, 1.54) is 0 Å². The number of amides is 2. The molecule has 0 spiro atoms. The van der Waals surface area contributed by atoms with Crippen molar-refractivity contribution in [2.24, 2.45) is 17.6 Å². The zero-order chi connectivity index (χ0) is 16.6. The Morgan fingerprint density at radius 2 is 1.43 bits per heavy atom. The minimum Gasteiger partial charge on any atom is -0.480 e. The average molecular weight is 300 g/mol. The van der Waals surface area contributed by atoms with Gasteiger partial charge in [-0.25, -0.2) is 4.79 Å². The summed E-state index contributed by atoms with van der Waals surface area (Å²) in [5.74, 6) is -1.86. The summed E-state index contributed by atoms with van der Waals surface area (Å²) in [5, 5.41) is 9.35. The van der Waals surface area contributed by atoms with Crippen molar-refractivity contribution in [1.29, 1.82) is 0 Å². The van der Waals surface area contributed by atoms with Crippen LogP contribution in [0.1, 0.15) is 53.4 Å². The quantitative estimate of drug-likeness (QED) is 0.674. The van der Waals surface area contributed by atoms with Crippen molar-refractivity contribution >= 4 is 17.8 Å². The normalized spacial score (nSPS) is 12.5. The molecular formula is C15H28N2O4. The molecular weight excluding hydrogens is 272 g/mol. The molecule has 0 aromatic rings. The second-order valence-corrected chi connectivity index (χ2v) is 6.14. The fourth-order valence-corrected chi connectivity index (χ4v) is 2.06. The highest BCUT2D eigenvalue weighted by Gasteiger charge is 2.34. The van der Waals surface area contributed by atoms with Gasteiger partial charge in [0.25, 0.3) is 0 Å². The highest BCUT2D eigenvalue weighted by atomic mass is 16.4. The van der Waals surface area contributed by atoms with Crippen LogP contribution in [0.3, 0.4) is 0 Å². The van der Waals surface area contributed by atoms with Crippen LogP contribution in [0.2, 0.25) is 0 Å². The first-order chi connectivity index (χ1) is 9.70. The van der Waals surface area contributed by atoms with Crippen molar-refractivity contribution in [3.8, 4) is 0 Å².